The zero-order valence-electron chi connectivity index (χ0n) is 10.0. The number of hydrogen-bond acceptors (Lipinski definition) is 3. The van der Waals surface area contributed by atoms with E-state index in [0.29, 0.717) is 0 Å². The molecular formula is C11H13Cl2F2NO2S. The summed E-state index contributed by atoms with van der Waals surface area (Å²) in [4.78, 5) is -0.466. The van der Waals surface area contributed by atoms with Crippen LogP contribution >= 0.6 is 23.2 Å². The van der Waals surface area contributed by atoms with Gasteiger partial charge in [-0.25, -0.2) is 8.42 Å². The van der Waals surface area contributed by atoms with Crippen molar-refractivity contribution in [1.29, 1.82) is 0 Å². The summed E-state index contributed by atoms with van der Waals surface area (Å²) in [6.45, 7) is 1.67. The van der Waals surface area contributed by atoms with Crippen LogP contribution in [0.2, 0.25) is 0 Å². The number of alkyl halides is 4. The second-order valence-electron chi connectivity index (χ2n) is 4.25. The van der Waals surface area contributed by atoms with Crippen LogP contribution in [0.1, 0.15) is 6.92 Å². The number of sulfone groups is 1. The molecule has 8 heteroatoms. The summed E-state index contributed by atoms with van der Waals surface area (Å²) in [5, 5.41) is 2.81. The van der Waals surface area contributed by atoms with Crippen molar-refractivity contribution in [3.63, 3.8) is 0 Å². The molecule has 0 unspecified atom stereocenters. The molecule has 3 nitrogen and oxygen atoms in total. The van der Waals surface area contributed by atoms with Crippen molar-refractivity contribution in [3.8, 4) is 0 Å². The van der Waals surface area contributed by atoms with Crippen molar-refractivity contribution in [3.05, 3.63) is 24.3 Å². The van der Waals surface area contributed by atoms with Gasteiger partial charge < -0.3 is 5.32 Å². The van der Waals surface area contributed by atoms with Gasteiger partial charge in [-0.05, 0) is 19.1 Å². The van der Waals surface area contributed by atoms with Crippen molar-refractivity contribution in [2.75, 3.05) is 17.1 Å². The molecule has 1 aromatic rings. The van der Waals surface area contributed by atoms with Gasteiger partial charge in [0.25, 0.3) is 0 Å². The summed E-state index contributed by atoms with van der Waals surface area (Å²) in [6, 6.07) is 5.42. The molecule has 0 aliphatic rings. The quantitative estimate of drug-likeness (QED) is 0.813. The molecule has 0 saturated heterocycles. The fourth-order valence-corrected chi connectivity index (χ4v) is 2.65. The van der Waals surface area contributed by atoms with Crippen LogP contribution in [0.15, 0.2) is 29.2 Å². The normalized spacial score (nSPS) is 12.7. The van der Waals surface area contributed by atoms with Gasteiger partial charge in [-0.15, -0.1) is 23.2 Å². The SMILES string of the molecule is CC(CCl)(CCl)Nc1ccccc1S(=O)(=O)C(F)F. The molecule has 1 N–H and O–H groups in total. The topological polar surface area (TPSA) is 46.2 Å². The highest BCUT2D eigenvalue weighted by atomic mass is 35.5. The molecule has 0 aliphatic carbocycles. The molecule has 0 bridgehead atoms. The molecule has 0 saturated carbocycles. The summed E-state index contributed by atoms with van der Waals surface area (Å²) in [5.74, 6) is -3.28. The van der Waals surface area contributed by atoms with Crippen LogP contribution in [0.3, 0.4) is 0 Å². The minimum atomic E-state index is -4.68. The molecule has 0 spiro atoms. The molecule has 108 valence electrons. The number of para-hydroxylation sites is 1. The van der Waals surface area contributed by atoms with Gasteiger partial charge in [0.05, 0.1) is 16.1 Å². The molecule has 0 radical (unpaired) electrons. The van der Waals surface area contributed by atoms with Crippen LogP contribution in [-0.4, -0.2) is 31.5 Å². The van der Waals surface area contributed by atoms with Gasteiger partial charge in [0, 0.05) is 11.8 Å². The summed E-state index contributed by atoms with van der Waals surface area (Å²) in [5.41, 5.74) is -0.733. The lowest BCUT2D eigenvalue weighted by molar-refractivity contribution is 0.235. The first-order chi connectivity index (χ1) is 8.77. The third-order valence-corrected chi connectivity index (χ3v) is 5.07. The molecule has 0 aliphatic heterocycles. The monoisotopic (exact) mass is 331 g/mol. The third kappa shape index (κ3) is 3.70. The lowest BCUT2D eigenvalue weighted by Crippen LogP contribution is -2.39. The molecule has 0 aromatic heterocycles. The fourth-order valence-electron chi connectivity index (χ4n) is 1.34. The number of halogens is 4. The summed E-state index contributed by atoms with van der Waals surface area (Å²) in [7, 11) is -4.68. The fraction of sp³-hybridized carbons (Fsp3) is 0.455. The van der Waals surface area contributed by atoms with Crippen molar-refractivity contribution in [2.45, 2.75) is 23.1 Å². The Morgan fingerprint density at radius 2 is 1.79 bits per heavy atom. The lowest BCUT2D eigenvalue weighted by atomic mass is 10.1. The van der Waals surface area contributed by atoms with Gasteiger partial charge in [-0.1, -0.05) is 12.1 Å². The molecule has 1 aromatic carbocycles. The number of nitrogens with one attached hydrogen (secondary N) is 1. The molecule has 0 fully saturated rings. The predicted octanol–water partition coefficient (Wildman–Crippen LogP) is 3.33. The van der Waals surface area contributed by atoms with Gasteiger partial charge in [0.1, 0.15) is 0 Å². The van der Waals surface area contributed by atoms with E-state index in [9.17, 15) is 17.2 Å². The van der Waals surface area contributed by atoms with Crippen molar-refractivity contribution in [2.24, 2.45) is 0 Å². The highest BCUT2D eigenvalue weighted by molar-refractivity contribution is 7.91. The van der Waals surface area contributed by atoms with Crippen LogP contribution in [0, 0.1) is 0 Å². The van der Waals surface area contributed by atoms with E-state index in [-0.39, 0.29) is 17.4 Å². The van der Waals surface area contributed by atoms with E-state index >= 15 is 0 Å². The summed E-state index contributed by atoms with van der Waals surface area (Å²) < 4.78 is 48.3. The van der Waals surface area contributed by atoms with Crippen molar-refractivity contribution < 1.29 is 17.2 Å². The standard InChI is InChI=1S/C11H13Cl2F2NO2S/c1-11(6-12,7-13)16-8-4-2-3-5-9(8)19(17,18)10(14)15/h2-5,10,16H,6-7H2,1H3. The van der Waals surface area contributed by atoms with E-state index in [2.05, 4.69) is 5.32 Å². The number of benzene rings is 1. The molecule has 0 amide bonds. The largest absolute Gasteiger partial charge is 0.376 e. The van der Waals surface area contributed by atoms with Crippen molar-refractivity contribution in [1.82, 2.24) is 0 Å². The smallest absolute Gasteiger partial charge is 0.341 e. The maximum absolute atomic E-state index is 12.6. The van der Waals surface area contributed by atoms with Gasteiger partial charge >= 0.3 is 5.76 Å². The predicted molar refractivity (Wildman–Crippen MR) is 73.1 cm³/mol. The Bertz CT molecular complexity index is 533. The van der Waals surface area contributed by atoms with Crippen molar-refractivity contribution >= 4 is 38.7 Å². The Balaban J connectivity index is 3.25. The first-order valence-electron chi connectivity index (χ1n) is 5.28. The number of rotatable bonds is 6. The van der Waals surface area contributed by atoms with Crippen LogP contribution < -0.4 is 5.32 Å². The third-order valence-electron chi connectivity index (χ3n) is 2.45. The average molecular weight is 332 g/mol. The second-order valence-corrected chi connectivity index (χ2v) is 6.68. The minimum Gasteiger partial charge on any atom is -0.376 e. The van der Waals surface area contributed by atoms with Crippen LogP contribution in [0.5, 0.6) is 0 Å². The molecule has 0 atom stereocenters. The van der Waals surface area contributed by atoms with E-state index in [4.69, 9.17) is 23.2 Å². The summed E-state index contributed by atoms with van der Waals surface area (Å²) in [6.07, 6.45) is 0. The van der Waals surface area contributed by atoms with E-state index in [0.717, 1.165) is 6.07 Å². The van der Waals surface area contributed by atoms with Gasteiger partial charge in [0.2, 0.25) is 9.84 Å². The Morgan fingerprint density at radius 1 is 1.26 bits per heavy atom. The Hall–Kier alpha value is -0.590. The van der Waals surface area contributed by atoms with Gasteiger partial charge in [-0.3, -0.25) is 0 Å². The Morgan fingerprint density at radius 3 is 2.26 bits per heavy atom. The highest BCUT2D eigenvalue weighted by Gasteiger charge is 2.31. The molecule has 1 rings (SSSR count). The lowest BCUT2D eigenvalue weighted by Gasteiger charge is -2.28. The maximum atomic E-state index is 12.6. The number of hydrogen-bond donors (Lipinski definition) is 1. The molecule has 0 heterocycles. The molecule has 19 heavy (non-hydrogen) atoms. The van der Waals surface area contributed by atoms with E-state index in [1.54, 1.807) is 6.92 Å². The highest BCUT2D eigenvalue weighted by Crippen LogP contribution is 2.29. The second kappa shape index (κ2) is 6.24. The van der Waals surface area contributed by atoms with Gasteiger partial charge in [-0.2, -0.15) is 8.78 Å². The Labute approximate surface area is 120 Å². The van der Waals surface area contributed by atoms with Crippen LogP contribution in [0.4, 0.5) is 14.5 Å². The molecular weight excluding hydrogens is 319 g/mol. The average Bonchev–Trinajstić information content (AvgIpc) is 2.38. The van der Waals surface area contributed by atoms with E-state index in [1.807, 2.05) is 0 Å². The zero-order valence-corrected chi connectivity index (χ0v) is 12.4. The maximum Gasteiger partial charge on any atom is 0.341 e. The number of anilines is 1. The Kier molecular flexibility index (Phi) is 5.41. The summed E-state index contributed by atoms with van der Waals surface area (Å²) >= 11 is 11.5. The van der Waals surface area contributed by atoms with E-state index < -0.39 is 26.0 Å². The minimum absolute atomic E-state index is 0.0617. The van der Waals surface area contributed by atoms with Gasteiger partial charge in [0.15, 0.2) is 0 Å². The zero-order chi connectivity index (χ0) is 14.7. The van der Waals surface area contributed by atoms with Crippen LogP contribution in [-0.2, 0) is 9.84 Å². The van der Waals surface area contributed by atoms with E-state index in [1.165, 1.54) is 18.2 Å². The van der Waals surface area contributed by atoms with Crippen LogP contribution in [0.25, 0.3) is 0 Å². The first-order valence-corrected chi connectivity index (χ1v) is 7.89. The first kappa shape index (κ1) is 16.5.